The maximum absolute atomic E-state index is 14.7. The third-order valence-corrected chi connectivity index (χ3v) is 5.01. The van der Waals surface area contributed by atoms with Gasteiger partial charge in [-0.2, -0.15) is 10.2 Å². The van der Waals surface area contributed by atoms with Crippen molar-refractivity contribution in [3.05, 3.63) is 96.0 Å². The van der Waals surface area contributed by atoms with E-state index in [0.29, 0.717) is 29.0 Å². The lowest BCUT2D eigenvalue weighted by atomic mass is 10.1. The smallest absolute Gasteiger partial charge is 0.173 e. The van der Waals surface area contributed by atoms with Crippen molar-refractivity contribution in [1.82, 2.24) is 24.6 Å². The first-order valence-corrected chi connectivity index (χ1v) is 9.86. The molecule has 5 rings (SSSR count). The quantitative estimate of drug-likeness (QED) is 0.370. The third-order valence-electron chi connectivity index (χ3n) is 5.01. The van der Waals surface area contributed by atoms with Crippen molar-refractivity contribution in [1.29, 1.82) is 0 Å². The third kappa shape index (κ3) is 3.87. The fraction of sp³-hybridized carbons (Fsp3) is 0.130. The maximum atomic E-state index is 14.7. The molecule has 0 aliphatic carbocycles. The van der Waals surface area contributed by atoms with E-state index in [0.717, 1.165) is 16.8 Å². The fourth-order valence-corrected chi connectivity index (χ4v) is 3.37. The molecule has 5 aromatic rings. The van der Waals surface area contributed by atoms with E-state index in [1.807, 2.05) is 49.4 Å². The fourth-order valence-electron chi connectivity index (χ4n) is 3.37. The number of pyridine rings is 2. The number of halogens is 1. The Labute approximate surface area is 177 Å². The predicted octanol–water partition coefficient (Wildman–Crippen LogP) is 5.25. The molecule has 7 nitrogen and oxygen atoms in total. The topological polar surface area (TPSA) is 80.7 Å². The van der Waals surface area contributed by atoms with Crippen molar-refractivity contribution >= 4 is 22.4 Å². The second-order valence-electron chi connectivity index (χ2n) is 7.17. The van der Waals surface area contributed by atoms with Crippen molar-refractivity contribution in [3.63, 3.8) is 0 Å². The molecule has 152 valence electrons. The largest absolute Gasteiger partial charge is 0.256 e. The maximum Gasteiger partial charge on any atom is 0.173 e. The van der Waals surface area contributed by atoms with Crippen LogP contribution in [0.1, 0.15) is 29.9 Å². The van der Waals surface area contributed by atoms with Crippen LogP contribution in [0.25, 0.3) is 16.6 Å². The molecule has 31 heavy (non-hydrogen) atoms. The molecule has 1 atom stereocenters. The van der Waals surface area contributed by atoms with Crippen LogP contribution in [0.2, 0.25) is 0 Å². The van der Waals surface area contributed by atoms with Crippen LogP contribution in [0.5, 0.6) is 0 Å². The Hall–Kier alpha value is -4.07. The van der Waals surface area contributed by atoms with E-state index in [1.54, 1.807) is 29.2 Å². The zero-order chi connectivity index (χ0) is 21.2. The number of nitrogens with zero attached hydrogens (tertiary/aromatic N) is 7. The summed E-state index contributed by atoms with van der Waals surface area (Å²) in [6.07, 6.45) is 5.41. The molecular weight excluding hydrogens is 393 g/mol. The van der Waals surface area contributed by atoms with Crippen LogP contribution in [0.4, 0.5) is 10.2 Å². The summed E-state index contributed by atoms with van der Waals surface area (Å²) in [5, 5.41) is 14.1. The molecule has 0 N–H and O–H groups in total. The van der Waals surface area contributed by atoms with Gasteiger partial charge < -0.3 is 0 Å². The number of aromatic nitrogens is 5. The molecule has 0 aliphatic rings. The van der Waals surface area contributed by atoms with Crippen molar-refractivity contribution in [2.24, 2.45) is 10.2 Å². The highest BCUT2D eigenvalue weighted by Crippen LogP contribution is 2.22. The molecule has 0 saturated carbocycles. The van der Waals surface area contributed by atoms with Gasteiger partial charge in [-0.1, -0.05) is 12.1 Å². The highest BCUT2D eigenvalue weighted by atomic mass is 19.1. The number of imidazole rings is 1. The highest BCUT2D eigenvalue weighted by molar-refractivity contribution is 5.79. The Morgan fingerprint density at radius 1 is 1.00 bits per heavy atom. The number of rotatable bonds is 5. The van der Waals surface area contributed by atoms with Gasteiger partial charge in [0.2, 0.25) is 0 Å². The Kier molecular flexibility index (Phi) is 4.87. The number of benzene rings is 1. The molecule has 0 fully saturated rings. The lowest BCUT2D eigenvalue weighted by Gasteiger charge is -2.08. The van der Waals surface area contributed by atoms with Crippen LogP contribution in [-0.4, -0.2) is 24.6 Å². The molecule has 0 bridgehead atoms. The molecule has 1 unspecified atom stereocenters. The average molecular weight is 411 g/mol. The first-order chi connectivity index (χ1) is 15.2. The first-order valence-electron chi connectivity index (χ1n) is 9.86. The van der Waals surface area contributed by atoms with Crippen molar-refractivity contribution in [3.8, 4) is 0 Å². The summed E-state index contributed by atoms with van der Waals surface area (Å²) in [5.74, 6) is 0.245. The monoisotopic (exact) mass is 411 g/mol. The molecule has 1 aromatic carbocycles. The average Bonchev–Trinajstić information content (AvgIpc) is 3.20. The lowest BCUT2D eigenvalue weighted by molar-refractivity contribution is 0.613. The first kappa shape index (κ1) is 18.9. The molecule has 4 aromatic heterocycles. The van der Waals surface area contributed by atoms with Gasteiger partial charge in [0.15, 0.2) is 11.5 Å². The van der Waals surface area contributed by atoms with E-state index in [1.165, 1.54) is 6.07 Å². The van der Waals surface area contributed by atoms with E-state index in [9.17, 15) is 4.39 Å². The molecule has 0 spiro atoms. The molecule has 0 aliphatic heterocycles. The summed E-state index contributed by atoms with van der Waals surface area (Å²) in [4.78, 5) is 12.8. The Balaban J connectivity index is 1.45. The van der Waals surface area contributed by atoms with Gasteiger partial charge in [0, 0.05) is 30.3 Å². The predicted molar refractivity (Wildman–Crippen MR) is 115 cm³/mol. The van der Waals surface area contributed by atoms with Crippen LogP contribution in [0.15, 0.2) is 83.4 Å². The number of azo groups is 1. The molecule has 0 radical (unpaired) electrons. The Morgan fingerprint density at radius 3 is 2.77 bits per heavy atom. The summed E-state index contributed by atoms with van der Waals surface area (Å²) in [7, 11) is 0. The molecule has 0 saturated heterocycles. The van der Waals surface area contributed by atoms with Gasteiger partial charge in [-0.05, 0) is 48.9 Å². The van der Waals surface area contributed by atoms with Gasteiger partial charge in [-0.25, -0.2) is 18.9 Å². The zero-order valence-corrected chi connectivity index (χ0v) is 16.7. The van der Waals surface area contributed by atoms with E-state index >= 15 is 0 Å². The summed E-state index contributed by atoms with van der Waals surface area (Å²) >= 11 is 0. The second-order valence-corrected chi connectivity index (χ2v) is 7.17. The van der Waals surface area contributed by atoms with Crippen LogP contribution < -0.4 is 0 Å². The second kappa shape index (κ2) is 7.98. The Bertz CT molecular complexity index is 1400. The van der Waals surface area contributed by atoms with Crippen LogP contribution in [-0.2, 0) is 6.42 Å². The molecule has 4 heterocycles. The minimum Gasteiger partial charge on any atom is -0.256 e. The van der Waals surface area contributed by atoms with E-state index < -0.39 is 0 Å². The van der Waals surface area contributed by atoms with E-state index in [2.05, 4.69) is 30.3 Å². The lowest BCUT2D eigenvalue weighted by Crippen LogP contribution is -2.04. The molecule has 8 heteroatoms. The van der Waals surface area contributed by atoms with Crippen LogP contribution in [0, 0.1) is 5.82 Å². The number of hydrogen-bond donors (Lipinski definition) is 0. The minimum absolute atomic E-state index is 0.273. The van der Waals surface area contributed by atoms with Gasteiger partial charge in [-0.3, -0.25) is 4.98 Å². The van der Waals surface area contributed by atoms with Crippen LogP contribution >= 0.6 is 0 Å². The van der Waals surface area contributed by atoms with Gasteiger partial charge >= 0.3 is 0 Å². The molecular formula is C23H18FN7. The summed E-state index contributed by atoms with van der Waals surface area (Å²) in [6.45, 7) is 1.91. The summed E-state index contributed by atoms with van der Waals surface area (Å²) < 4.78 is 16.4. The standard InChI is InChI=1S/C23H18FN7/c1-15(28-29-22-6-2-3-9-26-22)20-7-8-23-27-14-18(31(23)30-20)12-17-11-16-5-4-10-25-21(16)13-19(17)24/h2-11,13-15H,12H2,1H3. The van der Waals surface area contributed by atoms with Gasteiger partial charge in [0.05, 0.1) is 23.1 Å². The highest BCUT2D eigenvalue weighted by Gasteiger charge is 2.13. The zero-order valence-electron chi connectivity index (χ0n) is 16.7. The minimum atomic E-state index is -0.296. The summed E-state index contributed by atoms with van der Waals surface area (Å²) in [5.41, 5.74) is 3.41. The van der Waals surface area contributed by atoms with Crippen LogP contribution in [0.3, 0.4) is 0 Å². The van der Waals surface area contributed by atoms with Crippen molar-refractivity contribution < 1.29 is 4.39 Å². The SMILES string of the molecule is CC(N=Nc1ccccn1)c1ccc2ncc(Cc3cc4cccnc4cc3F)n2n1. The van der Waals surface area contributed by atoms with Gasteiger partial charge in [-0.15, -0.1) is 5.11 Å². The van der Waals surface area contributed by atoms with Gasteiger partial charge in [0.25, 0.3) is 0 Å². The van der Waals surface area contributed by atoms with Crippen molar-refractivity contribution in [2.75, 3.05) is 0 Å². The Morgan fingerprint density at radius 2 is 1.90 bits per heavy atom. The van der Waals surface area contributed by atoms with E-state index in [-0.39, 0.29) is 11.9 Å². The number of hydrogen-bond acceptors (Lipinski definition) is 6. The van der Waals surface area contributed by atoms with E-state index in [4.69, 9.17) is 0 Å². The van der Waals surface area contributed by atoms with Gasteiger partial charge in [0.1, 0.15) is 11.9 Å². The number of fused-ring (bicyclic) bond motifs is 2. The molecule has 0 amide bonds. The van der Waals surface area contributed by atoms with Crippen molar-refractivity contribution in [2.45, 2.75) is 19.4 Å². The summed E-state index contributed by atoms with van der Waals surface area (Å²) in [6, 6.07) is 16.0. The normalized spacial score (nSPS) is 12.7.